The Morgan fingerprint density at radius 1 is 0.950 bits per heavy atom. The van der Waals surface area contributed by atoms with Gasteiger partial charge < -0.3 is 42.7 Å². The predicted octanol–water partition coefficient (Wildman–Crippen LogP) is -1.68. The second-order valence-corrected chi connectivity index (χ2v) is 10.9. The highest BCUT2D eigenvalue weighted by Crippen LogP contribution is 2.20. The van der Waals surface area contributed by atoms with E-state index in [1.54, 1.807) is 0 Å². The number of carboxylic acid groups (broad SMARTS) is 1. The Bertz CT molecular complexity index is 923. The van der Waals surface area contributed by atoms with Crippen LogP contribution >= 0.6 is 0 Å². The monoisotopic (exact) mass is 567 g/mol. The number of unbranched alkanes of at least 4 members (excludes halogenated alkanes) is 1. The van der Waals surface area contributed by atoms with Crippen LogP contribution in [0.25, 0.3) is 0 Å². The molecule has 0 unspecified atom stereocenters. The minimum Gasteiger partial charge on any atom is -0.480 e. The molecule has 0 bridgehead atoms. The van der Waals surface area contributed by atoms with Gasteiger partial charge in [-0.05, 0) is 70.4 Å². The zero-order valence-electron chi connectivity index (χ0n) is 23.4. The zero-order valence-corrected chi connectivity index (χ0v) is 23.4. The molecule has 0 radical (unpaired) electrons. The average Bonchev–Trinajstić information content (AvgIpc) is 3.59. The number of carboxylic acids is 1. The SMILES string of the molecule is CC(C)C[C@H](NC(=O)[C@@H]1CCCN1)C(=O)N[C@@H](CC(N)=O)C(=O)N1CCC[C@H]1C(=O)N[C@@H](CCCCN)C(=O)O. The van der Waals surface area contributed by atoms with E-state index in [1.165, 1.54) is 4.90 Å². The molecule has 0 saturated carbocycles. The van der Waals surface area contributed by atoms with E-state index in [0.717, 1.165) is 6.42 Å². The summed E-state index contributed by atoms with van der Waals surface area (Å²) in [5, 5.41) is 20.4. The second-order valence-electron chi connectivity index (χ2n) is 10.9. The number of amides is 5. The number of likely N-dealkylation sites (tertiary alicyclic amines) is 1. The van der Waals surface area contributed by atoms with Gasteiger partial charge in [0.15, 0.2) is 0 Å². The lowest BCUT2D eigenvalue weighted by Crippen LogP contribution is -2.59. The Labute approximate surface area is 234 Å². The quantitative estimate of drug-likeness (QED) is 0.106. The lowest BCUT2D eigenvalue weighted by atomic mass is 10.0. The minimum atomic E-state index is -1.35. The van der Waals surface area contributed by atoms with Gasteiger partial charge >= 0.3 is 5.97 Å². The minimum absolute atomic E-state index is 0.0385. The Balaban J connectivity index is 2.14. The standard InChI is InChI=1S/C26H45N7O7/c1-15(2)13-18(31-22(35)16-8-5-11-29-16)23(36)32-19(14-21(28)34)25(38)33-12-6-9-20(33)24(37)30-17(26(39)40)7-3-4-10-27/h15-20,29H,3-14,27H2,1-2H3,(H2,28,34)(H,30,37)(H,31,35)(H,32,36)(H,39,40)/t16-,17-,18-,19-,20-/m0/s1. The molecule has 9 N–H and O–H groups in total. The number of carbonyl (C=O) groups excluding carboxylic acids is 5. The van der Waals surface area contributed by atoms with Gasteiger partial charge in [0.1, 0.15) is 24.2 Å². The summed E-state index contributed by atoms with van der Waals surface area (Å²) in [4.78, 5) is 77.3. The molecule has 2 heterocycles. The zero-order chi connectivity index (χ0) is 29.8. The Morgan fingerprint density at radius 2 is 1.65 bits per heavy atom. The van der Waals surface area contributed by atoms with Crippen LogP contribution in [0.5, 0.6) is 0 Å². The fourth-order valence-corrected chi connectivity index (χ4v) is 5.08. The third-order valence-corrected chi connectivity index (χ3v) is 7.14. The van der Waals surface area contributed by atoms with Crippen LogP contribution in [0.3, 0.4) is 0 Å². The van der Waals surface area contributed by atoms with Gasteiger partial charge in [0.2, 0.25) is 29.5 Å². The lowest BCUT2D eigenvalue weighted by Gasteiger charge is -2.30. The van der Waals surface area contributed by atoms with Crippen molar-refractivity contribution in [3.05, 3.63) is 0 Å². The van der Waals surface area contributed by atoms with Gasteiger partial charge in [0.05, 0.1) is 12.5 Å². The smallest absolute Gasteiger partial charge is 0.326 e. The molecule has 2 fully saturated rings. The Kier molecular flexibility index (Phi) is 13.3. The van der Waals surface area contributed by atoms with E-state index in [9.17, 15) is 33.9 Å². The van der Waals surface area contributed by atoms with Gasteiger partial charge in [-0.2, -0.15) is 0 Å². The van der Waals surface area contributed by atoms with Crippen LogP contribution in [0.2, 0.25) is 0 Å². The Morgan fingerprint density at radius 3 is 2.23 bits per heavy atom. The number of hydrogen-bond acceptors (Lipinski definition) is 8. The van der Waals surface area contributed by atoms with E-state index in [4.69, 9.17) is 11.5 Å². The average molecular weight is 568 g/mol. The first kappa shape index (κ1) is 32.9. The number of hydrogen-bond donors (Lipinski definition) is 7. The summed E-state index contributed by atoms with van der Waals surface area (Å²) in [5.41, 5.74) is 10.9. The van der Waals surface area contributed by atoms with E-state index in [-0.39, 0.29) is 24.8 Å². The fraction of sp³-hybridized carbons (Fsp3) is 0.769. The fourth-order valence-electron chi connectivity index (χ4n) is 5.08. The molecule has 0 aromatic heterocycles. The van der Waals surface area contributed by atoms with Crippen molar-refractivity contribution in [1.82, 2.24) is 26.2 Å². The number of aliphatic carboxylic acids is 1. The van der Waals surface area contributed by atoms with Crippen molar-refractivity contribution >= 4 is 35.5 Å². The van der Waals surface area contributed by atoms with E-state index in [0.29, 0.717) is 51.6 Å². The molecule has 0 aliphatic carbocycles. The summed E-state index contributed by atoms with van der Waals surface area (Å²) in [6, 6.07) is -4.79. The highest BCUT2D eigenvalue weighted by atomic mass is 16.4. The van der Waals surface area contributed by atoms with Gasteiger partial charge in [0, 0.05) is 6.54 Å². The molecular formula is C26H45N7O7. The van der Waals surface area contributed by atoms with Crippen LogP contribution in [0.4, 0.5) is 0 Å². The number of carbonyl (C=O) groups is 6. The third kappa shape index (κ3) is 10.0. The topological polar surface area (TPSA) is 226 Å². The molecule has 2 saturated heterocycles. The van der Waals surface area contributed by atoms with Gasteiger partial charge in [0.25, 0.3) is 0 Å². The summed E-state index contributed by atoms with van der Waals surface area (Å²) in [7, 11) is 0. The molecule has 14 heteroatoms. The van der Waals surface area contributed by atoms with Crippen LogP contribution in [0.1, 0.15) is 71.6 Å². The highest BCUT2D eigenvalue weighted by Gasteiger charge is 2.40. The Hall–Kier alpha value is -3.26. The van der Waals surface area contributed by atoms with Crippen LogP contribution < -0.4 is 32.7 Å². The second kappa shape index (κ2) is 16.1. The van der Waals surface area contributed by atoms with E-state index >= 15 is 0 Å². The van der Waals surface area contributed by atoms with Crippen LogP contribution in [0, 0.1) is 5.92 Å². The molecule has 40 heavy (non-hydrogen) atoms. The van der Waals surface area contributed by atoms with Crippen molar-refractivity contribution in [2.45, 2.75) is 102 Å². The van der Waals surface area contributed by atoms with E-state index < -0.39 is 66.2 Å². The van der Waals surface area contributed by atoms with Crippen molar-refractivity contribution < 1.29 is 33.9 Å². The molecule has 5 amide bonds. The first-order valence-corrected chi connectivity index (χ1v) is 14.1. The van der Waals surface area contributed by atoms with Crippen LogP contribution in [-0.4, -0.2) is 95.4 Å². The maximum atomic E-state index is 13.5. The first-order valence-electron chi connectivity index (χ1n) is 14.1. The number of nitrogens with one attached hydrogen (secondary N) is 4. The largest absolute Gasteiger partial charge is 0.480 e. The van der Waals surface area contributed by atoms with E-state index in [1.807, 2.05) is 13.8 Å². The number of nitrogens with two attached hydrogens (primary N) is 2. The molecular weight excluding hydrogens is 522 g/mol. The third-order valence-electron chi connectivity index (χ3n) is 7.14. The van der Waals surface area contributed by atoms with Gasteiger partial charge in [-0.25, -0.2) is 4.79 Å². The highest BCUT2D eigenvalue weighted by molar-refractivity contribution is 5.97. The van der Waals surface area contributed by atoms with Crippen LogP contribution in [0.15, 0.2) is 0 Å². The molecule has 226 valence electrons. The molecule has 2 aliphatic heterocycles. The summed E-state index contributed by atoms with van der Waals surface area (Å²) >= 11 is 0. The number of rotatable bonds is 16. The number of primary amides is 1. The van der Waals surface area contributed by atoms with Crippen molar-refractivity contribution in [2.75, 3.05) is 19.6 Å². The maximum absolute atomic E-state index is 13.5. The molecule has 2 aliphatic rings. The van der Waals surface area contributed by atoms with E-state index in [2.05, 4.69) is 21.3 Å². The maximum Gasteiger partial charge on any atom is 0.326 e. The molecule has 2 rings (SSSR count). The van der Waals surface area contributed by atoms with Gasteiger partial charge in [-0.1, -0.05) is 13.8 Å². The van der Waals surface area contributed by atoms with Crippen molar-refractivity contribution in [3.63, 3.8) is 0 Å². The molecule has 5 atom stereocenters. The summed E-state index contributed by atoms with van der Waals surface area (Å²) < 4.78 is 0. The van der Waals surface area contributed by atoms with Gasteiger partial charge in [-0.15, -0.1) is 0 Å². The van der Waals surface area contributed by atoms with Crippen LogP contribution in [-0.2, 0) is 28.8 Å². The number of nitrogens with zero attached hydrogens (tertiary/aromatic N) is 1. The van der Waals surface area contributed by atoms with Crippen molar-refractivity contribution in [3.8, 4) is 0 Å². The molecule has 14 nitrogen and oxygen atoms in total. The first-order chi connectivity index (χ1) is 18.9. The van der Waals surface area contributed by atoms with Gasteiger partial charge in [-0.3, -0.25) is 24.0 Å². The normalized spacial score (nSPS) is 20.9. The van der Waals surface area contributed by atoms with Crippen molar-refractivity contribution in [2.24, 2.45) is 17.4 Å². The summed E-state index contributed by atoms with van der Waals surface area (Å²) in [6.45, 7) is 5.07. The molecule has 0 aromatic carbocycles. The summed E-state index contributed by atoms with van der Waals surface area (Å²) in [6.07, 6.45) is 3.39. The summed E-state index contributed by atoms with van der Waals surface area (Å²) in [5.74, 6) is -4.22. The lowest BCUT2D eigenvalue weighted by molar-refractivity contribution is -0.145. The molecule has 0 aromatic rings. The van der Waals surface area contributed by atoms with Crippen molar-refractivity contribution in [1.29, 1.82) is 0 Å². The predicted molar refractivity (Wildman–Crippen MR) is 145 cm³/mol. The molecule has 0 spiro atoms.